The molecule has 0 spiro atoms. The number of esters is 1. The molecule has 0 aliphatic carbocycles. The molecule has 3 rings (SSSR count). The molecule has 0 bridgehead atoms. The number of halogens is 1. The highest BCUT2D eigenvalue weighted by Gasteiger charge is 2.28. The van der Waals surface area contributed by atoms with E-state index in [0.717, 1.165) is 18.7 Å². The first-order chi connectivity index (χ1) is 10.7. The number of amides is 1. The van der Waals surface area contributed by atoms with Gasteiger partial charge in [0.15, 0.2) is 0 Å². The second-order valence-electron chi connectivity index (χ2n) is 5.91. The van der Waals surface area contributed by atoms with E-state index >= 15 is 0 Å². The minimum absolute atomic E-state index is 0. The molecule has 5 nitrogen and oxygen atoms in total. The van der Waals surface area contributed by atoms with Crippen LogP contribution in [0.25, 0.3) is 0 Å². The lowest BCUT2D eigenvalue weighted by atomic mass is 9.96. The summed E-state index contributed by atoms with van der Waals surface area (Å²) >= 11 is 0. The summed E-state index contributed by atoms with van der Waals surface area (Å²) in [6, 6.07) is 5.94. The summed E-state index contributed by atoms with van der Waals surface area (Å²) < 4.78 is 5.06. The van der Waals surface area contributed by atoms with Crippen molar-refractivity contribution in [3.8, 4) is 0 Å². The Morgan fingerprint density at radius 1 is 1.22 bits per heavy atom. The SMILES string of the molecule is CCOC(=O)C1CCN(C(=O)c2ccc3c(c2)CNC3)CC1.Cl. The van der Waals surface area contributed by atoms with Crippen molar-refractivity contribution in [3.05, 3.63) is 34.9 Å². The van der Waals surface area contributed by atoms with Crippen molar-refractivity contribution in [1.29, 1.82) is 0 Å². The van der Waals surface area contributed by atoms with Crippen LogP contribution in [-0.2, 0) is 22.6 Å². The quantitative estimate of drug-likeness (QED) is 0.858. The van der Waals surface area contributed by atoms with Gasteiger partial charge in [0.05, 0.1) is 12.5 Å². The van der Waals surface area contributed by atoms with Gasteiger partial charge < -0.3 is 15.0 Å². The van der Waals surface area contributed by atoms with Crippen molar-refractivity contribution in [2.75, 3.05) is 19.7 Å². The number of hydrogen-bond acceptors (Lipinski definition) is 4. The summed E-state index contributed by atoms with van der Waals surface area (Å²) in [5, 5.41) is 3.29. The number of rotatable bonds is 3. The number of ether oxygens (including phenoxy) is 1. The molecule has 1 aromatic rings. The second-order valence-corrected chi connectivity index (χ2v) is 5.91. The lowest BCUT2D eigenvalue weighted by Crippen LogP contribution is -2.40. The molecule has 1 fully saturated rings. The first-order valence-corrected chi connectivity index (χ1v) is 7.97. The molecule has 0 aromatic heterocycles. The minimum Gasteiger partial charge on any atom is -0.466 e. The molecule has 1 aromatic carbocycles. The summed E-state index contributed by atoms with van der Waals surface area (Å²) in [6.07, 6.45) is 1.38. The Hall–Kier alpha value is -1.59. The zero-order valence-electron chi connectivity index (χ0n) is 13.3. The van der Waals surface area contributed by atoms with Crippen molar-refractivity contribution in [3.63, 3.8) is 0 Å². The van der Waals surface area contributed by atoms with Gasteiger partial charge in [-0.3, -0.25) is 9.59 Å². The predicted molar refractivity (Wildman–Crippen MR) is 89.5 cm³/mol. The van der Waals surface area contributed by atoms with Gasteiger partial charge in [-0.2, -0.15) is 0 Å². The summed E-state index contributed by atoms with van der Waals surface area (Å²) in [7, 11) is 0. The van der Waals surface area contributed by atoms with E-state index in [1.54, 1.807) is 0 Å². The Morgan fingerprint density at radius 2 is 1.91 bits per heavy atom. The van der Waals surface area contributed by atoms with Gasteiger partial charge in [-0.15, -0.1) is 12.4 Å². The smallest absolute Gasteiger partial charge is 0.309 e. The van der Waals surface area contributed by atoms with Crippen LogP contribution in [-0.4, -0.2) is 36.5 Å². The van der Waals surface area contributed by atoms with Crippen LogP contribution in [0.4, 0.5) is 0 Å². The van der Waals surface area contributed by atoms with E-state index in [2.05, 4.69) is 5.32 Å². The maximum absolute atomic E-state index is 12.6. The Morgan fingerprint density at radius 3 is 2.61 bits per heavy atom. The molecule has 6 heteroatoms. The average molecular weight is 339 g/mol. The number of nitrogens with one attached hydrogen (secondary N) is 1. The third kappa shape index (κ3) is 3.85. The summed E-state index contributed by atoms with van der Waals surface area (Å²) in [4.78, 5) is 26.2. The van der Waals surface area contributed by atoms with Gasteiger partial charge in [0.2, 0.25) is 0 Å². The van der Waals surface area contributed by atoms with E-state index < -0.39 is 0 Å². The van der Waals surface area contributed by atoms with Gasteiger partial charge in [0, 0.05) is 31.7 Å². The molecule has 126 valence electrons. The van der Waals surface area contributed by atoms with E-state index in [1.165, 1.54) is 11.1 Å². The Kier molecular flexibility index (Phi) is 6.02. The standard InChI is InChI=1S/C17H22N2O3.ClH/c1-2-22-17(21)12-5-7-19(8-6-12)16(20)13-3-4-14-10-18-11-15(14)9-13;/h3-4,9,12,18H,2,5-8,10-11H2,1H3;1H. The largest absolute Gasteiger partial charge is 0.466 e. The van der Waals surface area contributed by atoms with Crippen LogP contribution in [0.2, 0.25) is 0 Å². The molecule has 1 N–H and O–H groups in total. The molecule has 1 amide bonds. The fourth-order valence-electron chi connectivity index (χ4n) is 3.19. The molecule has 23 heavy (non-hydrogen) atoms. The molecule has 0 saturated carbocycles. The van der Waals surface area contributed by atoms with Crippen LogP contribution >= 0.6 is 12.4 Å². The molecule has 0 atom stereocenters. The summed E-state index contributed by atoms with van der Waals surface area (Å²) in [5.41, 5.74) is 3.24. The van der Waals surface area contributed by atoms with E-state index in [4.69, 9.17) is 4.74 Å². The number of nitrogens with zero attached hydrogens (tertiary/aromatic N) is 1. The van der Waals surface area contributed by atoms with Gasteiger partial charge >= 0.3 is 5.97 Å². The fourth-order valence-corrected chi connectivity index (χ4v) is 3.19. The number of piperidine rings is 1. The number of likely N-dealkylation sites (tertiary alicyclic amines) is 1. The molecule has 2 aliphatic rings. The van der Waals surface area contributed by atoms with Crippen LogP contribution < -0.4 is 5.32 Å². The Labute approximate surface area is 142 Å². The number of benzene rings is 1. The van der Waals surface area contributed by atoms with Gasteiger partial charge in [0.1, 0.15) is 0 Å². The monoisotopic (exact) mass is 338 g/mol. The maximum atomic E-state index is 12.6. The highest BCUT2D eigenvalue weighted by atomic mass is 35.5. The summed E-state index contributed by atoms with van der Waals surface area (Å²) in [5.74, 6) is -0.122. The van der Waals surface area contributed by atoms with Crippen LogP contribution in [0.3, 0.4) is 0 Å². The number of fused-ring (bicyclic) bond motifs is 1. The van der Waals surface area contributed by atoms with Gasteiger partial charge in [0.25, 0.3) is 5.91 Å². The van der Waals surface area contributed by atoms with Crippen LogP contribution in [0.15, 0.2) is 18.2 Å². The second kappa shape index (κ2) is 7.79. The summed E-state index contributed by atoms with van der Waals surface area (Å²) in [6.45, 7) is 5.20. The lowest BCUT2D eigenvalue weighted by molar-refractivity contribution is -0.149. The van der Waals surface area contributed by atoms with E-state index in [-0.39, 0.29) is 30.2 Å². The van der Waals surface area contributed by atoms with Crippen LogP contribution in [0.5, 0.6) is 0 Å². The normalized spacial score (nSPS) is 17.3. The molecule has 2 heterocycles. The van der Waals surface area contributed by atoms with Crippen LogP contribution in [0.1, 0.15) is 41.3 Å². The van der Waals surface area contributed by atoms with Crippen molar-refractivity contribution in [2.45, 2.75) is 32.9 Å². The number of carbonyl (C=O) groups is 2. The van der Waals surface area contributed by atoms with Crippen molar-refractivity contribution < 1.29 is 14.3 Å². The lowest BCUT2D eigenvalue weighted by Gasteiger charge is -2.31. The Bertz CT molecular complexity index is 583. The average Bonchev–Trinajstić information content (AvgIpc) is 3.02. The zero-order chi connectivity index (χ0) is 15.5. The van der Waals surface area contributed by atoms with E-state index in [1.807, 2.05) is 30.0 Å². The number of hydrogen-bond donors (Lipinski definition) is 1. The molecular weight excluding hydrogens is 316 g/mol. The minimum atomic E-state index is -0.127. The van der Waals surface area contributed by atoms with E-state index in [0.29, 0.717) is 32.5 Å². The highest BCUT2D eigenvalue weighted by Crippen LogP contribution is 2.22. The predicted octanol–water partition coefficient (Wildman–Crippen LogP) is 2.13. The topological polar surface area (TPSA) is 58.6 Å². The molecular formula is C17H23ClN2O3. The van der Waals surface area contributed by atoms with Crippen molar-refractivity contribution >= 4 is 24.3 Å². The highest BCUT2D eigenvalue weighted by molar-refractivity contribution is 5.94. The van der Waals surface area contributed by atoms with Gasteiger partial charge in [-0.1, -0.05) is 6.07 Å². The fraction of sp³-hybridized carbons (Fsp3) is 0.529. The molecule has 0 unspecified atom stereocenters. The first-order valence-electron chi connectivity index (χ1n) is 7.97. The van der Waals surface area contributed by atoms with E-state index in [9.17, 15) is 9.59 Å². The maximum Gasteiger partial charge on any atom is 0.309 e. The Balaban J connectivity index is 0.00000192. The van der Waals surface area contributed by atoms with Gasteiger partial charge in [-0.25, -0.2) is 0 Å². The van der Waals surface area contributed by atoms with Gasteiger partial charge in [-0.05, 0) is 43.0 Å². The van der Waals surface area contributed by atoms with Crippen LogP contribution in [0, 0.1) is 5.92 Å². The third-order valence-corrected chi connectivity index (χ3v) is 4.49. The first kappa shape index (κ1) is 17.8. The van der Waals surface area contributed by atoms with Crippen molar-refractivity contribution in [1.82, 2.24) is 10.2 Å². The third-order valence-electron chi connectivity index (χ3n) is 4.49. The molecule has 1 saturated heterocycles. The zero-order valence-corrected chi connectivity index (χ0v) is 14.2. The molecule has 2 aliphatic heterocycles. The number of carbonyl (C=O) groups excluding carboxylic acids is 2. The molecule has 0 radical (unpaired) electrons. The van der Waals surface area contributed by atoms with Crippen molar-refractivity contribution in [2.24, 2.45) is 5.92 Å².